The topological polar surface area (TPSA) is 122 Å². The summed E-state index contributed by atoms with van der Waals surface area (Å²) >= 11 is 0. The van der Waals surface area contributed by atoms with E-state index in [4.69, 9.17) is 10.5 Å². The number of nitrogens with one attached hydrogen (secondary N) is 2. The van der Waals surface area contributed by atoms with Crippen molar-refractivity contribution in [2.24, 2.45) is 5.73 Å². The number of alkyl halides is 3. The van der Waals surface area contributed by atoms with E-state index in [1.54, 1.807) is 0 Å². The molecular formula is C19H28F3N5O3. The molecule has 1 aromatic heterocycles. The predicted octanol–water partition coefficient (Wildman–Crippen LogP) is 2.59. The molecule has 2 saturated carbocycles. The molecular weight excluding hydrogens is 403 g/mol. The van der Waals surface area contributed by atoms with Gasteiger partial charge >= 0.3 is 6.18 Å². The standard InChI is InChI=1S/C19H28F3N5O3/c20-19(21,22)10-30-14-6-4-11(5-7-14)26-18-24-9-15(16(23)29)17(27-18)25-12-2-1-3-13(28)8-12/h9,11-14,28H,1-8,10H2,(H2,23,29)(H2,24,25,26,27)/t11?,12?,13-,14?/m0/s1. The van der Waals surface area contributed by atoms with E-state index in [2.05, 4.69) is 20.6 Å². The van der Waals surface area contributed by atoms with E-state index in [0.717, 1.165) is 19.3 Å². The lowest BCUT2D eigenvalue weighted by atomic mass is 9.93. The van der Waals surface area contributed by atoms with Crippen molar-refractivity contribution >= 4 is 17.7 Å². The molecule has 1 heterocycles. The molecule has 2 atom stereocenters. The molecule has 5 N–H and O–H groups in total. The van der Waals surface area contributed by atoms with Gasteiger partial charge in [0.25, 0.3) is 5.91 Å². The van der Waals surface area contributed by atoms with Crippen molar-refractivity contribution in [3.63, 3.8) is 0 Å². The third kappa shape index (κ3) is 6.69. The first-order valence-corrected chi connectivity index (χ1v) is 10.3. The SMILES string of the molecule is NC(=O)c1cnc(NC2CCC(OCC(F)(F)F)CC2)nc1NC1CCC[C@H](O)C1. The molecule has 3 rings (SSSR count). The van der Waals surface area contributed by atoms with E-state index in [-0.39, 0.29) is 23.8 Å². The molecule has 2 aliphatic carbocycles. The summed E-state index contributed by atoms with van der Waals surface area (Å²) in [6, 6.07) is -0.0182. The van der Waals surface area contributed by atoms with Crippen LogP contribution >= 0.6 is 0 Å². The van der Waals surface area contributed by atoms with Crippen LogP contribution in [0.25, 0.3) is 0 Å². The fourth-order valence-corrected chi connectivity index (χ4v) is 4.00. The zero-order valence-corrected chi connectivity index (χ0v) is 16.6. The first-order valence-electron chi connectivity index (χ1n) is 10.3. The normalized spacial score (nSPS) is 27.5. The number of aromatic nitrogens is 2. The highest BCUT2D eigenvalue weighted by Gasteiger charge is 2.31. The lowest BCUT2D eigenvalue weighted by Crippen LogP contribution is -2.33. The second kappa shape index (κ2) is 9.78. The Balaban J connectivity index is 1.58. The summed E-state index contributed by atoms with van der Waals surface area (Å²) in [6.45, 7) is -1.22. The van der Waals surface area contributed by atoms with Gasteiger partial charge in [0.1, 0.15) is 12.4 Å². The van der Waals surface area contributed by atoms with Gasteiger partial charge in [0.15, 0.2) is 0 Å². The largest absolute Gasteiger partial charge is 0.411 e. The van der Waals surface area contributed by atoms with Crippen LogP contribution < -0.4 is 16.4 Å². The van der Waals surface area contributed by atoms with Gasteiger partial charge in [0.2, 0.25) is 5.95 Å². The number of aliphatic hydroxyl groups is 1. The number of rotatable bonds is 7. The Bertz CT molecular complexity index is 726. The van der Waals surface area contributed by atoms with Gasteiger partial charge in [0.05, 0.1) is 17.8 Å². The van der Waals surface area contributed by atoms with Crippen LogP contribution in [0.4, 0.5) is 24.9 Å². The fraction of sp³-hybridized carbons (Fsp3) is 0.737. The summed E-state index contributed by atoms with van der Waals surface area (Å²) in [6.07, 6.45) is 1.57. The number of primary amides is 1. The molecule has 168 valence electrons. The molecule has 8 nitrogen and oxygen atoms in total. The maximum absolute atomic E-state index is 12.3. The lowest BCUT2D eigenvalue weighted by molar-refractivity contribution is -0.187. The van der Waals surface area contributed by atoms with Gasteiger partial charge in [-0.25, -0.2) is 4.98 Å². The zero-order chi connectivity index (χ0) is 21.7. The predicted molar refractivity (Wildman–Crippen MR) is 104 cm³/mol. The average molecular weight is 431 g/mol. The minimum Gasteiger partial charge on any atom is -0.393 e. The molecule has 0 saturated heterocycles. The van der Waals surface area contributed by atoms with E-state index >= 15 is 0 Å². The Morgan fingerprint density at radius 1 is 1.17 bits per heavy atom. The molecule has 11 heteroatoms. The highest BCUT2D eigenvalue weighted by Crippen LogP contribution is 2.27. The van der Waals surface area contributed by atoms with Crippen molar-refractivity contribution in [1.82, 2.24) is 9.97 Å². The van der Waals surface area contributed by atoms with Crippen LogP contribution in [0.15, 0.2) is 6.20 Å². The number of carbonyl (C=O) groups excluding carboxylic acids is 1. The molecule has 0 radical (unpaired) electrons. The van der Waals surface area contributed by atoms with Crippen LogP contribution in [0.2, 0.25) is 0 Å². The molecule has 1 unspecified atom stereocenters. The maximum atomic E-state index is 12.3. The van der Waals surface area contributed by atoms with Crippen LogP contribution in [0.5, 0.6) is 0 Å². The molecule has 1 amide bonds. The number of ether oxygens (including phenoxy) is 1. The third-order valence-corrected chi connectivity index (χ3v) is 5.53. The summed E-state index contributed by atoms with van der Waals surface area (Å²) < 4.78 is 41.8. The number of amides is 1. The summed E-state index contributed by atoms with van der Waals surface area (Å²) in [5.74, 6) is -0.0115. The lowest BCUT2D eigenvalue weighted by Gasteiger charge is -2.30. The highest BCUT2D eigenvalue weighted by molar-refractivity contribution is 5.97. The monoisotopic (exact) mass is 431 g/mol. The van der Waals surface area contributed by atoms with Crippen LogP contribution in [0.1, 0.15) is 61.7 Å². The second-order valence-electron chi connectivity index (χ2n) is 8.03. The highest BCUT2D eigenvalue weighted by atomic mass is 19.4. The Morgan fingerprint density at radius 3 is 2.53 bits per heavy atom. The number of hydrogen-bond donors (Lipinski definition) is 4. The number of carbonyl (C=O) groups is 1. The van der Waals surface area contributed by atoms with Crippen molar-refractivity contribution in [3.05, 3.63) is 11.8 Å². The van der Waals surface area contributed by atoms with Crippen molar-refractivity contribution in [3.8, 4) is 0 Å². The summed E-state index contributed by atoms with van der Waals surface area (Å²) in [4.78, 5) is 20.3. The molecule has 0 aromatic carbocycles. The molecule has 0 spiro atoms. The Kier molecular flexibility index (Phi) is 7.35. The summed E-state index contributed by atoms with van der Waals surface area (Å²) in [5, 5.41) is 16.2. The Morgan fingerprint density at radius 2 is 1.90 bits per heavy atom. The molecule has 2 fully saturated rings. The van der Waals surface area contributed by atoms with Crippen LogP contribution in [0, 0.1) is 0 Å². The van der Waals surface area contributed by atoms with Crippen LogP contribution in [0.3, 0.4) is 0 Å². The minimum absolute atomic E-state index is 0.000447. The van der Waals surface area contributed by atoms with Crippen LogP contribution in [-0.4, -0.2) is 58.1 Å². The van der Waals surface area contributed by atoms with E-state index < -0.39 is 24.8 Å². The molecule has 0 aliphatic heterocycles. The number of nitrogens with zero attached hydrogens (tertiary/aromatic N) is 2. The first kappa shape index (κ1) is 22.5. The van der Waals surface area contributed by atoms with Crippen molar-refractivity contribution < 1.29 is 27.8 Å². The first-order chi connectivity index (χ1) is 14.2. The van der Waals surface area contributed by atoms with Gasteiger partial charge in [-0.05, 0) is 51.4 Å². The number of anilines is 2. The van der Waals surface area contributed by atoms with Crippen molar-refractivity contribution in [2.45, 2.75) is 81.8 Å². The molecule has 1 aromatic rings. The van der Waals surface area contributed by atoms with E-state index in [1.807, 2.05) is 0 Å². The fourth-order valence-electron chi connectivity index (χ4n) is 4.00. The summed E-state index contributed by atoms with van der Waals surface area (Å²) in [7, 11) is 0. The van der Waals surface area contributed by atoms with Crippen molar-refractivity contribution in [1.29, 1.82) is 0 Å². The van der Waals surface area contributed by atoms with Crippen LogP contribution in [-0.2, 0) is 4.74 Å². The Labute approximate surface area is 172 Å². The third-order valence-electron chi connectivity index (χ3n) is 5.53. The van der Waals surface area contributed by atoms with Gasteiger partial charge in [-0.1, -0.05) is 0 Å². The van der Waals surface area contributed by atoms with Gasteiger partial charge < -0.3 is 26.2 Å². The number of hydrogen-bond acceptors (Lipinski definition) is 7. The molecule has 2 aliphatic rings. The van der Waals surface area contributed by atoms with Gasteiger partial charge in [0, 0.05) is 18.3 Å². The van der Waals surface area contributed by atoms with Gasteiger partial charge in [-0.2, -0.15) is 18.2 Å². The maximum Gasteiger partial charge on any atom is 0.411 e. The van der Waals surface area contributed by atoms with Gasteiger partial charge in [-0.15, -0.1) is 0 Å². The second-order valence-corrected chi connectivity index (χ2v) is 8.03. The minimum atomic E-state index is -4.32. The zero-order valence-electron chi connectivity index (χ0n) is 16.6. The summed E-state index contributed by atoms with van der Waals surface area (Å²) in [5.41, 5.74) is 5.60. The molecule has 0 bridgehead atoms. The molecule has 30 heavy (non-hydrogen) atoms. The van der Waals surface area contributed by atoms with Crippen molar-refractivity contribution in [2.75, 3.05) is 17.2 Å². The average Bonchev–Trinajstić information content (AvgIpc) is 2.67. The van der Waals surface area contributed by atoms with Gasteiger partial charge in [-0.3, -0.25) is 4.79 Å². The van der Waals surface area contributed by atoms with E-state index in [0.29, 0.717) is 43.9 Å². The number of nitrogens with two attached hydrogens (primary N) is 1. The van der Waals surface area contributed by atoms with E-state index in [9.17, 15) is 23.1 Å². The number of halogens is 3. The number of aliphatic hydroxyl groups excluding tert-OH is 1. The van der Waals surface area contributed by atoms with E-state index in [1.165, 1.54) is 6.20 Å². The smallest absolute Gasteiger partial charge is 0.393 e. The Hall–Kier alpha value is -2.14. The quantitative estimate of drug-likeness (QED) is 0.523.